The number of hydrogen-bond acceptors (Lipinski definition) is 7. The second-order valence-corrected chi connectivity index (χ2v) is 8.13. The van der Waals surface area contributed by atoms with Gasteiger partial charge in [-0.25, -0.2) is 9.97 Å². The Morgan fingerprint density at radius 2 is 1.94 bits per heavy atom. The van der Waals surface area contributed by atoms with Crippen LogP contribution in [-0.4, -0.2) is 52.3 Å². The first-order valence-electron chi connectivity index (χ1n) is 11.3. The predicted molar refractivity (Wildman–Crippen MR) is 125 cm³/mol. The molecule has 0 radical (unpaired) electrons. The average Bonchev–Trinajstić information content (AvgIpc) is 3.49. The number of fused-ring (bicyclic) bond motifs is 1. The average molecular weight is 433 g/mol. The van der Waals surface area contributed by atoms with Gasteiger partial charge in [-0.2, -0.15) is 5.10 Å². The summed E-state index contributed by atoms with van der Waals surface area (Å²) in [6, 6.07) is 7.95. The van der Waals surface area contributed by atoms with Crippen LogP contribution in [0.25, 0.3) is 0 Å². The Kier molecular flexibility index (Phi) is 5.72. The summed E-state index contributed by atoms with van der Waals surface area (Å²) in [5.74, 6) is 1.32. The van der Waals surface area contributed by atoms with Crippen molar-refractivity contribution in [1.82, 2.24) is 25.5 Å². The molecule has 1 aromatic carbocycles. The molecule has 0 spiro atoms. The molecule has 2 aromatic heterocycles. The molecule has 1 aliphatic heterocycles. The molecule has 1 aliphatic carbocycles. The van der Waals surface area contributed by atoms with Crippen LogP contribution in [0.2, 0.25) is 0 Å². The number of anilines is 4. The number of piperazine rings is 1. The predicted octanol–water partition coefficient (Wildman–Crippen LogP) is 2.66. The molecule has 1 saturated heterocycles. The van der Waals surface area contributed by atoms with Gasteiger partial charge in [0, 0.05) is 61.4 Å². The standard InChI is InChI=1S/C23H28N8O/c1-2-20-27-18-5-3-4-17(18)22(29-20)28-19-14-25-30-21(19)23(32)26-15-6-8-16(9-7-15)31-12-10-24-11-13-31/h6-9,14,24H,2-5,10-13H2,1H3,(H,25,30)(H,26,32)(H,27,28,29). The van der Waals surface area contributed by atoms with Crippen LogP contribution in [-0.2, 0) is 19.3 Å². The van der Waals surface area contributed by atoms with Crippen LogP contribution in [0.15, 0.2) is 30.5 Å². The molecule has 5 rings (SSSR count). The molecule has 0 unspecified atom stereocenters. The van der Waals surface area contributed by atoms with Gasteiger partial charge in [0.2, 0.25) is 0 Å². The highest BCUT2D eigenvalue weighted by Crippen LogP contribution is 2.29. The number of aromatic nitrogens is 4. The van der Waals surface area contributed by atoms with Gasteiger partial charge in [0.05, 0.1) is 5.69 Å². The van der Waals surface area contributed by atoms with Gasteiger partial charge in [-0.15, -0.1) is 0 Å². The first-order valence-corrected chi connectivity index (χ1v) is 11.3. The van der Waals surface area contributed by atoms with Gasteiger partial charge in [-0.1, -0.05) is 6.92 Å². The lowest BCUT2D eigenvalue weighted by atomic mass is 10.2. The Hall–Kier alpha value is -3.46. The van der Waals surface area contributed by atoms with Crippen LogP contribution in [0.4, 0.5) is 22.9 Å². The number of amides is 1. The highest BCUT2D eigenvalue weighted by Gasteiger charge is 2.22. The zero-order valence-corrected chi connectivity index (χ0v) is 18.2. The fourth-order valence-corrected chi connectivity index (χ4v) is 4.30. The third-order valence-electron chi connectivity index (χ3n) is 6.01. The number of carbonyl (C=O) groups excluding carboxylic acids is 1. The van der Waals surface area contributed by atoms with Gasteiger partial charge in [0.15, 0.2) is 5.69 Å². The Morgan fingerprint density at radius 1 is 1.12 bits per heavy atom. The van der Waals surface area contributed by atoms with Crippen molar-refractivity contribution in [2.24, 2.45) is 0 Å². The van der Waals surface area contributed by atoms with Crippen molar-refractivity contribution >= 4 is 28.8 Å². The SMILES string of the molecule is CCc1nc2c(c(Nc3c[nH]nc3C(=O)Nc3ccc(N4CCNCC4)cc3)n1)CCC2. The molecule has 0 atom stereocenters. The van der Waals surface area contributed by atoms with E-state index in [0.29, 0.717) is 11.4 Å². The second kappa shape index (κ2) is 8.96. The lowest BCUT2D eigenvalue weighted by Crippen LogP contribution is -2.43. The van der Waals surface area contributed by atoms with E-state index in [9.17, 15) is 4.79 Å². The number of carbonyl (C=O) groups is 1. The van der Waals surface area contributed by atoms with Crippen LogP contribution < -0.4 is 20.9 Å². The molecule has 9 nitrogen and oxygen atoms in total. The van der Waals surface area contributed by atoms with E-state index < -0.39 is 0 Å². The summed E-state index contributed by atoms with van der Waals surface area (Å²) in [6.45, 7) is 6.00. The van der Waals surface area contributed by atoms with Crippen molar-refractivity contribution < 1.29 is 4.79 Å². The highest BCUT2D eigenvalue weighted by atomic mass is 16.2. The van der Waals surface area contributed by atoms with E-state index in [-0.39, 0.29) is 5.91 Å². The van der Waals surface area contributed by atoms with Gasteiger partial charge >= 0.3 is 0 Å². The van der Waals surface area contributed by atoms with Gasteiger partial charge < -0.3 is 20.9 Å². The molecule has 9 heteroatoms. The molecular formula is C23H28N8O. The minimum atomic E-state index is -0.273. The third-order valence-corrected chi connectivity index (χ3v) is 6.01. The lowest BCUT2D eigenvalue weighted by Gasteiger charge is -2.29. The number of nitrogens with one attached hydrogen (secondary N) is 4. The number of hydrogen-bond donors (Lipinski definition) is 4. The number of H-pyrrole nitrogens is 1. The molecule has 166 valence electrons. The van der Waals surface area contributed by atoms with E-state index in [1.165, 1.54) is 0 Å². The number of benzene rings is 1. The number of aryl methyl sites for hydroxylation is 2. The van der Waals surface area contributed by atoms with E-state index in [2.05, 4.69) is 41.0 Å². The van der Waals surface area contributed by atoms with Crippen LogP contribution in [0.5, 0.6) is 0 Å². The monoisotopic (exact) mass is 432 g/mol. The summed E-state index contributed by atoms with van der Waals surface area (Å²) in [6.07, 6.45) is 5.46. The molecule has 0 saturated carbocycles. The normalized spacial score (nSPS) is 15.5. The van der Waals surface area contributed by atoms with E-state index in [1.54, 1.807) is 6.20 Å². The maximum Gasteiger partial charge on any atom is 0.278 e. The molecule has 32 heavy (non-hydrogen) atoms. The van der Waals surface area contributed by atoms with E-state index >= 15 is 0 Å². The van der Waals surface area contributed by atoms with Gasteiger partial charge in [0.25, 0.3) is 5.91 Å². The largest absolute Gasteiger partial charge is 0.369 e. The van der Waals surface area contributed by atoms with Crippen molar-refractivity contribution in [3.63, 3.8) is 0 Å². The van der Waals surface area contributed by atoms with Crippen LogP contribution in [0.1, 0.15) is 40.9 Å². The molecule has 3 aromatic rings. The van der Waals surface area contributed by atoms with E-state index in [1.807, 2.05) is 31.2 Å². The Balaban J connectivity index is 1.31. The van der Waals surface area contributed by atoms with Crippen molar-refractivity contribution in [2.45, 2.75) is 32.6 Å². The Morgan fingerprint density at radius 3 is 2.72 bits per heavy atom. The van der Waals surface area contributed by atoms with Crippen LogP contribution in [0.3, 0.4) is 0 Å². The molecule has 0 bridgehead atoms. The first kappa shape index (κ1) is 20.4. The van der Waals surface area contributed by atoms with Gasteiger partial charge in [-0.05, 0) is 43.5 Å². The van der Waals surface area contributed by atoms with Gasteiger partial charge in [-0.3, -0.25) is 9.89 Å². The summed E-state index contributed by atoms with van der Waals surface area (Å²) in [5.41, 5.74) is 5.06. The summed E-state index contributed by atoms with van der Waals surface area (Å²) < 4.78 is 0. The van der Waals surface area contributed by atoms with E-state index in [4.69, 9.17) is 0 Å². The number of aromatic amines is 1. The zero-order valence-electron chi connectivity index (χ0n) is 18.2. The van der Waals surface area contributed by atoms with Crippen molar-refractivity contribution in [2.75, 3.05) is 41.7 Å². The highest BCUT2D eigenvalue weighted by molar-refractivity contribution is 6.06. The quantitative estimate of drug-likeness (QED) is 0.474. The summed E-state index contributed by atoms with van der Waals surface area (Å²) >= 11 is 0. The lowest BCUT2D eigenvalue weighted by molar-refractivity contribution is 0.102. The summed E-state index contributed by atoms with van der Waals surface area (Å²) in [5, 5.41) is 16.6. The summed E-state index contributed by atoms with van der Waals surface area (Å²) in [7, 11) is 0. The van der Waals surface area contributed by atoms with Crippen molar-refractivity contribution in [3.05, 3.63) is 53.2 Å². The minimum Gasteiger partial charge on any atom is -0.369 e. The fraction of sp³-hybridized carbons (Fsp3) is 0.391. The fourth-order valence-electron chi connectivity index (χ4n) is 4.30. The third kappa shape index (κ3) is 4.16. The maximum atomic E-state index is 12.9. The molecule has 1 amide bonds. The van der Waals surface area contributed by atoms with Crippen molar-refractivity contribution in [3.8, 4) is 0 Å². The first-order chi connectivity index (χ1) is 15.7. The minimum absolute atomic E-state index is 0.273. The number of rotatable bonds is 6. The molecule has 2 aliphatic rings. The topological polar surface area (TPSA) is 111 Å². The second-order valence-electron chi connectivity index (χ2n) is 8.13. The van der Waals surface area contributed by atoms with Crippen LogP contribution in [0, 0.1) is 0 Å². The van der Waals surface area contributed by atoms with Crippen LogP contribution >= 0.6 is 0 Å². The zero-order chi connectivity index (χ0) is 21.9. The molecule has 4 N–H and O–H groups in total. The van der Waals surface area contributed by atoms with Gasteiger partial charge in [0.1, 0.15) is 11.6 Å². The summed E-state index contributed by atoms with van der Waals surface area (Å²) in [4.78, 5) is 24.6. The molecule has 3 heterocycles. The molecule has 1 fully saturated rings. The van der Waals surface area contributed by atoms with Crippen molar-refractivity contribution in [1.29, 1.82) is 0 Å². The Bertz CT molecular complexity index is 1100. The molecular weight excluding hydrogens is 404 g/mol. The smallest absolute Gasteiger partial charge is 0.278 e. The maximum absolute atomic E-state index is 12.9. The Labute approximate surface area is 187 Å². The number of nitrogens with zero attached hydrogens (tertiary/aromatic N) is 4. The van der Waals surface area contributed by atoms with E-state index in [0.717, 1.165) is 86.1 Å².